The van der Waals surface area contributed by atoms with Gasteiger partial charge in [0.15, 0.2) is 0 Å². The summed E-state index contributed by atoms with van der Waals surface area (Å²) in [7, 11) is 7.32. The van der Waals surface area contributed by atoms with E-state index in [9.17, 15) is 0 Å². The largest absolute Gasteiger partial charge is 0.0613 e. The zero-order valence-electron chi connectivity index (χ0n) is 9.17. The maximum atomic E-state index is 5.91. The summed E-state index contributed by atoms with van der Waals surface area (Å²) in [5, 5.41) is 0.399. The minimum absolute atomic E-state index is 0.399. The van der Waals surface area contributed by atoms with Gasteiger partial charge in [0, 0.05) is 5.25 Å². The van der Waals surface area contributed by atoms with Gasteiger partial charge in [0.1, 0.15) is 0 Å². The molecule has 14 heavy (non-hydrogen) atoms. The lowest BCUT2D eigenvalue weighted by Crippen LogP contribution is -2.01. The molecule has 0 saturated carbocycles. The second-order valence-corrected chi connectivity index (χ2v) is 5.32. The van der Waals surface area contributed by atoms with Gasteiger partial charge < -0.3 is 0 Å². The molecule has 1 atom stereocenters. The van der Waals surface area contributed by atoms with Crippen LogP contribution in [0.1, 0.15) is 35.8 Å². The first-order chi connectivity index (χ1) is 6.56. The highest BCUT2D eigenvalue weighted by atomic mass is 35.7. The van der Waals surface area contributed by atoms with Crippen molar-refractivity contribution in [2.45, 2.75) is 32.9 Å². The molecule has 0 aliphatic carbocycles. The highest BCUT2D eigenvalue weighted by Gasteiger charge is 2.15. The Labute approximate surface area is 95.6 Å². The smallest absolute Gasteiger partial charge is 0.0472 e. The van der Waals surface area contributed by atoms with Crippen LogP contribution in [0, 0.1) is 19.8 Å². The molecule has 0 aliphatic rings. The fraction of sp³-hybridized carbons (Fsp3) is 0.500. The molecule has 0 nitrogen and oxygen atoms in total. The molecule has 1 aromatic rings. The number of benzene rings is 1. The molecule has 1 rings (SSSR count). The summed E-state index contributed by atoms with van der Waals surface area (Å²) in [6.07, 6.45) is 0. The third-order valence-electron chi connectivity index (χ3n) is 2.56. The van der Waals surface area contributed by atoms with Crippen molar-refractivity contribution in [1.29, 1.82) is 0 Å². The molecule has 0 amide bonds. The van der Waals surface area contributed by atoms with E-state index in [1.165, 1.54) is 27.7 Å². The van der Waals surface area contributed by atoms with Gasteiger partial charge in [-0.3, -0.25) is 0 Å². The van der Waals surface area contributed by atoms with Gasteiger partial charge in [-0.25, -0.2) is 0 Å². The molecule has 1 unspecified atom stereocenters. The maximum absolute atomic E-state index is 5.91. The average molecular weight is 229 g/mol. The topological polar surface area (TPSA) is 0 Å². The number of aryl methyl sites for hydroxylation is 2. The molecule has 1 aromatic carbocycles. The van der Waals surface area contributed by atoms with E-state index in [0.717, 1.165) is 0 Å². The predicted octanol–water partition coefficient (Wildman–Crippen LogP) is 4.89. The lowest BCUT2D eigenvalue weighted by molar-refractivity contribution is 0.634. The predicted molar refractivity (Wildman–Crippen MR) is 66.9 cm³/mol. The first kappa shape index (κ1) is 11.9. The van der Waals surface area contributed by atoms with Gasteiger partial charge in [-0.2, -0.15) is 0 Å². The van der Waals surface area contributed by atoms with Crippen molar-refractivity contribution in [1.82, 2.24) is 0 Å². The van der Waals surface area contributed by atoms with Crippen LogP contribution in [0.2, 0.25) is 0 Å². The van der Waals surface area contributed by atoms with Crippen molar-refractivity contribution in [2.24, 2.45) is 5.92 Å². The molecule has 0 fully saturated rings. The van der Waals surface area contributed by atoms with E-state index in [0.29, 0.717) is 11.2 Å². The number of rotatable bonds is 3. The quantitative estimate of drug-likeness (QED) is 0.710. The summed E-state index contributed by atoms with van der Waals surface area (Å²) in [5.74, 6) is 0.569. The van der Waals surface area contributed by atoms with Gasteiger partial charge in [0.25, 0.3) is 0 Å². The second kappa shape index (κ2) is 5.09. The van der Waals surface area contributed by atoms with Crippen molar-refractivity contribution >= 4 is 21.7 Å². The molecule has 78 valence electrons. The Balaban J connectivity index is 3.00. The third kappa shape index (κ3) is 2.68. The molecular weight excluding hydrogens is 212 g/mol. The molecule has 0 aromatic heterocycles. The number of halogens is 1. The monoisotopic (exact) mass is 228 g/mol. The van der Waals surface area contributed by atoms with E-state index in [1.54, 1.807) is 0 Å². The first-order valence-electron chi connectivity index (χ1n) is 4.90. The minimum atomic E-state index is 0.399. The lowest BCUT2D eigenvalue weighted by atomic mass is 9.98. The van der Waals surface area contributed by atoms with Gasteiger partial charge in [-0.05, 0) is 58.1 Å². The average Bonchev–Trinajstić information content (AvgIpc) is 2.11. The maximum Gasteiger partial charge on any atom is 0.0472 e. The molecule has 0 bridgehead atoms. The zero-order valence-corrected chi connectivity index (χ0v) is 10.7. The van der Waals surface area contributed by atoms with Crippen molar-refractivity contribution in [3.8, 4) is 0 Å². The SMILES string of the molecule is Cc1ccc(C(SCl)C(C)C)cc1C. The van der Waals surface area contributed by atoms with Crippen LogP contribution in [0.3, 0.4) is 0 Å². The van der Waals surface area contributed by atoms with Crippen molar-refractivity contribution < 1.29 is 0 Å². The van der Waals surface area contributed by atoms with Crippen LogP contribution in [-0.4, -0.2) is 0 Å². The summed E-state index contributed by atoms with van der Waals surface area (Å²) in [5.41, 5.74) is 4.03. The molecule has 0 heterocycles. The highest BCUT2D eigenvalue weighted by Crippen LogP contribution is 2.38. The summed E-state index contributed by atoms with van der Waals surface area (Å²) in [6.45, 7) is 8.69. The van der Waals surface area contributed by atoms with Crippen LogP contribution < -0.4 is 0 Å². The zero-order chi connectivity index (χ0) is 10.7. The molecular formula is C12H17ClS. The Kier molecular flexibility index (Phi) is 4.33. The van der Waals surface area contributed by atoms with Gasteiger partial charge in [-0.15, -0.1) is 0 Å². The number of hydrogen-bond donors (Lipinski definition) is 0. The van der Waals surface area contributed by atoms with E-state index in [1.807, 2.05) is 0 Å². The van der Waals surface area contributed by atoms with Crippen LogP contribution in [0.5, 0.6) is 0 Å². The Bertz CT molecular complexity index is 307. The van der Waals surface area contributed by atoms with E-state index in [2.05, 4.69) is 45.9 Å². The van der Waals surface area contributed by atoms with Crippen LogP contribution in [0.25, 0.3) is 0 Å². The molecule has 0 spiro atoms. The summed E-state index contributed by atoms with van der Waals surface area (Å²) in [6, 6.07) is 6.60. The third-order valence-corrected chi connectivity index (χ3v) is 4.15. The van der Waals surface area contributed by atoms with E-state index < -0.39 is 0 Å². The van der Waals surface area contributed by atoms with Crippen LogP contribution >= 0.6 is 21.7 Å². The summed E-state index contributed by atoms with van der Waals surface area (Å²) in [4.78, 5) is 0. The Hall–Kier alpha value is -0.140. The minimum Gasteiger partial charge on any atom is -0.0613 e. The molecule has 0 saturated heterocycles. The highest BCUT2D eigenvalue weighted by molar-refractivity contribution is 8.21. The fourth-order valence-electron chi connectivity index (χ4n) is 1.48. The molecule has 0 aliphatic heterocycles. The summed E-state index contributed by atoms with van der Waals surface area (Å²) >= 11 is 0. The van der Waals surface area contributed by atoms with E-state index in [4.69, 9.17) is 10.7 Å². The molecule has 0 N–H and O–H groups in total. The van der Waals surface area contributed by atoms with Crippen molar-refractivity contribution in [3.05, 3.63) is 34.9 Å². The van der Waals surface area contributed by atoms with Crippen molar-refractivity contribution in [2.75, 3.05) is 0 Å². The second-order valence-electron chi connectivity index (χ2n) is 4.10. The Morgan fingerprint density at radius 2 is 1.79 bits per heavy atom. The normalized spacial score (nSPS) is 13.3. The molecule has 2 heteroatoms. The Morgan fingerprint density at radius 1 is 1.14 bits per heavy atom. The van der Waals surface area contributed by atoms with Gasteiger partial charge in [-0.1, -0.05) is 32.0 Å². The van der Waals surface area contributed by atoms with Crippen LogP contribution in [-0.2, 0) is 0 Å². The van der Waals surface area contributed by atoms with Crippen LogP contribution in [0.4, 0.5) is 0 Å². The number of hydrogen-bond acceptors (Lipinski definition) is 1. The fourth-order valence-corrected chi connectivity index (χ4v) is 2.86. The van der Waals surface area contributed by atoms with Gasteiger partial charge >= 0.3 is 0 Å². The van der Waals surface area contributed by atoms with Crippen LogP contribution in [0.15, 0.2) is 18.2 Å². The van der Waals surface area contributed by atoms with Crippen molar-refractivity contribution in [3.63, 3.8) is 0 Å². The van der Waals surface area contributed by atoms with E-state index >= 15 is 0 Å². The Morgan fingerprint density at radius 3 is 2.21 bits per heavy atom. The summed E-state index contributed by atoms with van der Waals surface area (Å²) < 4.78 is 0. The standard InChI is InChI=1S/C12H17ClS/c1-8(2)12(14-13)11-6-5-9(3)10(4)7-11/h5-8,12H,1-4H3. The first-order valence-corrected chi connectivity index (χ1v) is 6.61. The van der Waals surface area contributed by atoms with E-state index in [-0.39, 0.29) is 0 Å². The molecule has 0 radical (unpaired) electrons. The lowest BCUT2D eigenvalue weighted by Gasteiger charge is -2.18. The van der Waals surface area contributed by atoms with Gasteiger partial charge in [0.2, 0.25) is 0 Å². The van der Waals surface area contributed by atoms with Gasteiger partial charge in [0.05, 0.1) is 0 Å².